The first-order valence-corrected chi connectivity index (χ1v) is 7.64. The third kappa shape index (κ3) is 1.79. The van der Waals surface area contributed by atoms with Crippen LogP contribution >= 0.6 is 0 Å². The molecule has 2 fully saturated rings. The highest BCUT2D eigenvalue weighted by Crippen LogP contribution is 2.38. The Balaban J connectivity index is 1.76. The molecular weight excluding hydrogens is 274 g/mol. The number of amides is 1. The maximum atomic E-state index is 11.6. The zero-order valence-corrected chi connectivity index (χ0v) is 12.5. The van der Waals surface area contributed by atoms with Crippen molar-refractivity contribution in [2.75, 3.05) is 18.0 Å². The molecule has 2 bridgehead atoms. The normalized spacial score (nSPS) is 23.1. The van der Waals surface area contributed by atoms with E-state index in [0.717, 1.165) is 30.3 Å². The Bertz CT molecular complexity index is 808. The summed E-state index contributed by atoms with van der Waals surface area (Å²) >= 11 is 0. The zero-order valence-electron chi connectivity index (χ0n) is 12.5. The number of nitriles is 1. The van der Waals surface area contributed by atoms with Crippen molar-refractivity contribution in [2.24, 2.45) is 0 Å². The van der Waals surface area contributed by atoms with Crippen LogP contribution in [0, 0.1) is 11.3 Å². The Morgan fingerprint density at radius 1 is 1.14 bits per heavy atom. The summed E-state index contributed by atoms with van der Waals surface area (Å²) in [7, 11) is 0. The van der Waals surface area contributed by atoms with Crippen LogP contribution in [-0.2, 0) is 4.79 Å². The molecule has 0 spiro atoms. The molecule has 2 atom stereocenters. The van der Waals surface area contributed by atoms with Gasteiger partial charge in [0.2, 0.25) is 5.91 Å². The van der Waals surface area contributed by atoms with E-state index in [4.69, 9.17) is 0 Å². The summed E-state index contributed by atoms with van der Waals surface area (Å²) in [6.07, 6.45) is 1.05. The van der Waals surface area contributed by atoms with E-state index in [-0.39, 0.29) is 5.91 Å². The van der Waals surface area contributed by atoms with Gasteiger partial charge in [-0.05, 0) is 18.6 Å². The predicted octanol–water partition coefficient (Wildman–Crippen LogP) is 2.52. The minimum absolute atomic E-state index is 0.178. The van der Waals surface area contributed by atoms with Crippen molar-refractivity contribution in [1.29, 1.82) is 5.26 Å². The topological polar surface area (TPSA) is 47.3 Å². The van der Waals surface area contributed by atoms with Crippen molar-refractivity contribution in [3.63, 3.8) is 0 Å². The number of carbonyl (C=O) groups excluding carboxylic acids is 1. The molecule has 110 valence electrons. The lowest BCUT2D eigenvalue weighted by Crippen LogP contribution is -2.48. The second kappa shape index (κ2) is 4.74. The Labute approximate surface area is 129 Å². The smallest absolute Gasteiger partial charge is 0.219 e. The van der Waals surface area contributed by atoms with Gasteiger partial charge in [0.05, 0.1) is 17.7 Å². The van der Waals surface area contributed by atoms with Gasteiger partial charge in [-0.15, -0.1) is 0 Å². The molecule has 22 heavy (non-hydrogen) atoms. The van der Waals surface area contributed by atoms with Crippen molar-refractivity contribution in [1.82, 2.24) is 4.90 Å². The van der Waals surface area contributed by atoms with Crippen molar-refractivity contribution in [3.05, 3.63) is 42.0 Å². The van der Waals surface area contributed by atoms with Crippen molar-refractivity contribution in [3.8, 4) is 6.07 Å². The zero-order chi connectivity index (χ0) is 15.3. The van der Waals surface area contributed by atoms with Gasteiger partial charge in [0.25, 0.3) is 0 Å². The average molecular weight is 291 g/mol. The fourth-order valence-electron chi connectivity index (χ4n) is 3.98. The SMILES string of the molecule is CC(=O)N1C[C@@H]2C[C@H]1CN2c1ccc(C#N)c2ccccc12. The number of likely N-dealkylation sites (tertiary alicyclic amines) is 1. The summed E-state index contributed by atoms with van der Waals surface area (Å²) in [5, 5.41) is 11.4. The van der Waals surface area contributed by atoms with E-state index in [2.05, 4.69) is 23.1 Å². The third-order valence-electron chi connectivity index (χ3n) is 4.98. The van der Waals surface area contributed by atoms with Crippen molar-refractivity contribution in [2.45, 2.75) is 25.4 Å². The van der Waals surface area contributed by atoms with Gasteiger partial charge in [-0.3, -0.25) is 4.79 Å². The van der Waals surface area contributed by atoms with Crippen LogP contribution in [0.5, 0.6) is 0 Å². The number of carbonyl (C=O) groups is 1. The lowest BCUT2D eigenvalue weighted by Gasteiger charge is -2.35. The summed E-state index contributed by atoms with van der Waals surface area (Å²) in [5.41, 5.74) is 1.90. The fourth-order valence-corrected chi connectivity index (χ4v) is 3.98. The first-order chi connectivity index (χ1) is 10.7. The van der Waals surface area contributed by atoms with Gasteiger partial charge in [-0.25, -0.2) is 0 Å². The quantitative estimate of drug-likeness (QED) is 0.811. The highest BCUT2D eigenvalue weighted by atomic mass is 16.2. The molecule has 0 aromatic heterocycles. The van der Waals surface area contributed by atoms with Gasteiger partial charge >= 0.3 is 0 Å². The second-order valence-corrected chi connectivity index (χ2v) is 6.16. The van der Waals surface area contributed by atoms with E-state index in [0.29, 0.717) is 17.6 Å². The number of hydrogen-bond acceptors (Lipinski definition) is 3. The van der Waals surface area contributed by atoms with E-state index >= 15 is 0 Å². The van der Waals surface area contributed by atoms with Crippen LogP contribution in [0.1, 0.15) is 18.9 Å². The maximum Gasteiger partial charge on any atom is 0.219 e. The Kier molecular flexibility index (Phi) is 2.83. The lowest BCUT2D eigenvalue weighted by atomic mass is 10.0. The molecule has 4 nitrogen and oxygen atoms in total. The van der Waals surface area contributed by atoms with Crippen molar-refractivity contribution < 1.29 is 4.79 Å². The van der Waals surface area contributed by atoms with Gasteiger partial charge in [0.15, 0.2) is 0 Å². The average Bonchev–Trinajstić information content (AvgIpc) is 3.14. The number of fused-ring (bicyclic) bond motifs is 3. The van der Waals surface area contributed by atoms with Crippen LogP contribution in [0.4, 0.5) is 5.69 Å². The molecule has 0 saturated carbocycles. The highest BCUT2D eigenvalue weighted by Gasteiger charge is 2.44. The number of nitrogens with zero attached hydrogens (tertiary/aromatic N) is 3. The summed E-state index contributed by atoms with van der Waals surface area (Å²) in [4.78, 5) is 16.0. The van der Waals surface area contributed by atoms with Gasteiger partial charge in [0.1, 0.15) is 0 Å². The Hall–Kier alpha value is -2.54. The first-order valence-electron chi connectivity index (χ1n) is 7.64. The monoisotopic (exact) mass is 291 g/mol. The van der Waals surface area contributed by atoms with Gasteiger partial charge in [0, 0.05) is 42.5 Å². The van der Waals surface area contributed by atoms with E-state index in [1.807, 2.05) is 29.2 Å². The van der Waals surface area contributed by atoms with E-state index in [1.54, 1.807) is 6.92 Å². The maximum absolute atomic E-state index is 11.6. The van der Waals surface area contributed by atoms with Crippen LogP contribution < -0.4 is 4.90 Å². The highest BCUT2D eigenvalue weighted by molar-refractivity contribution is 5.98. The molecule has 2 heterocycles. The molecule has 0 radical (unpaired) electrons. The molecule has 0 unspecified atom stereocenters. The lowest BCUT2D eigenvalue weighted by molar-refractivity contribution is -0.129. The van der Waals surface area contributed by atoms with Crippen LogP contribution in [-0.4, -0.2) is 36.0 Å². The molecule has 0 N–H and O–H groups in total. The van der Waals surface area contributed by atoms with Crippen LogP contribution in [0.15, 0.2) is 36.4 Å². The van der Waals surface area contributed by atoms with Gasteiger partial charge in [-0.1, -0.05) is 24.3 Å². The number of anilines is 1. The molecule has 0 aliphatic carbocycles. The molecule has 2 saturated heterocycles. The van der Waals surface area contributed by atoms with Gasteiger partial charge in [-0.2, -0.15) is 5.26 Å². The molecule has 4 rings (SSSR count). The summed E-state index contributed by atoms with van der Waals surface area (Å²) in [6, 6.07) is 15.0. The summed E-state index contributed by atoms with van der Waals surface area (Å²) in [6.45, 7) is 3.36. The number of piperazine rings is 1. The summed E-state index contributed by atoms with van der Waals surface area (Å²) in [5.74, 6) is 0.178. The van der Waals surface area contributed by atoms with Crippen LogP contribution in [0.25, 0.3) is 10.8 Å². The van der Waals surface area contributed by atoms with Gasteiger partial charge < -0.3 is 9.80 Å². The predicted molar refractivity (Wildman–Crippen MR) is 85.6 cm³/mol. The van der Waals surface area contributed by atoms with Crippen LogP contribution in [0.2, 0.25) is 0 Å². The minimum Gasteiger partial charge on any atom is -0.364 e. The molecule has 2 aromatic rings. The molecule has 2 aromatic carbocycles. The van der Waals surface area contributed by atoms with Crippen LogP contribution in [0.3, 0.4) is 0 Å². The first kappa shape index (κ1) is 13.1. The number of rotatable bonds is 1. The van der Waals surface area contributed by atoms with E-state index in [1.165, 1.54) is 5.69 Å². The Morgan fingerprint density at radius 3 is 2.55 bits per heavy atom. The molecule has 2 aliphatic heterocycles. The standard InChI is InChI=1S/C18H17N3O/c1-12(22)20-10-15-8-14(20)11-21(15)18-7-6-13(9-19)16-4-2-3-5-17(16)18/h2-7,14-15H,8,10-11H2,1H3/t14-,15-/m0/s1. The van der Waals surface area contributed by atoms with E-state index in [9.17, 15) is 10.1 Å². The molecular formula is C18H17N3O. The van der Waals surface area contributed by atoms with Crippen molar-refractivity contribution >= 4 is 22.4 Å². The molecule has 2 aliphatic rings. The molecule has 1 amide bonds. The summed E-state index contributed by atoms with van der Waals surface area (Å²) < 4.78 is 0. The second-order valence-electron chi connectivity index (χ2n) is 6.16. The minimum atomic E-state index is 0.178. The Morgan fingerprint density at radius 2 is 1.91 bits per heavy atom. The molecule has 4 heteroatoms. The third-order valence-corrected chi connectivity index (χ3v) is 4.98. The van der Waals surface area contributed by atoms with E-state index < -0.39 is 0 Å². The number of benzene rings is 2. The largest absolute Gasteiger partial charge is 0.364 e. The number of hydrogen-bond donors (Lipinski definition) is 0. The fraction of sp³-hybridized carbons (Fsp3) is 0.333.